The quantitative estimate of drug-likeness (QED) is 0.654. The van der Waals surface area contributed by atoms with Gasteiger partial charge in [0, 0.05) is 16.5 Å². The Morgan fingerprint density at radius 1 is 1.00 bits per heavy atom. The third kappa shape index (κ3) is 1.79. The molecular weight excluding hydrogens is 274 g/mol. The van der Waals surface area contributed by atoms with E-state index in [1.54, 1.807) is 0 Å². The smallest absolute Gasteiger partial charge is 0.0910 e. The Morgan fingerprint density at radius 3 is 2.53 bits per heavy atom. The maximum absolute atomic E-state index is 3.62. The Bertz CT molecular complexity index is 668. The minimum atomic E-state index is 1.05. The molecule has 0 radical (unpaired) electrons. The summed E-state index contributed by atoms with van der Waals surface area (Å²) in [6, 6.07) is 16.9. The average molecular weight is 286 g/mol. The van der Waals surface area contributed by atoms with Crippen LogP contribution < -0.4 is 0 Å². The number of halogens is 1. The molecule has 1 heterocycles. The first kappa shape index (κ1) is 10.6. The van der Waals surface area contributed by atoms with Gasteiger partial charge in [-0.1, -0.05) is 42.5 Å². The van der Waals surface area contributed by atoms with Crippen LogP contribution >= 0.6 is 15.9 Å². The van der Waals surface area contributed by atoms with Crippen LogP contribution in [0.25, 0.3) is 22.0 Å². The van der Waals surface area contributed by atoms with Gasteiger partial charge in [0.05, 0.1) is 4.60 Å². The fourth-order valence-corrected chi connectivity index (χ4v) is 2.82. The van der Waals surface area contributed by atoms with E-state index in [1.165, 1.54) is 27.6 Å². The zero-order chi connectivity index (χ0) is 11.8. The highest BCUT2D eigenvalue weighted by molar-refractivity contribution is 9.10. The largest absolute Gasteiger partial charge is 0.349 e. The van der Waals surface area contributed by atoms with Crippen molar-refractivity contribution in [3.63, 3.8) is 0 Å². The van der Waals surface area contributed by atoms with Crippen molar-refractivity contribution < 1.29 is 0 Å². The molecule has 1 aromatic heterocycles. The Morgan fingerprint density at radius 2 is 1.76 bits per heavy atom. The van der Waals surface area contributed by atoms with Gasteiger partial charge in [0.1, 0.15) is 0 Å². The van der Waals surface area contributed by atoms with E-state index in [0.717, 1.165) is 4.60 Å². The highest BCUT2D eigenvalue weighted by Gasteiger charge is 2.10. The van der Waals surface area contributed by atoms with E-state index in [1.807, 2.05) is 6.07 Å². The topological polar surface area (TPSA) is 15.8 Å². The molecule has 0 amide bonds. The molecule has 2 heteroatoms. The number of fused-ring (bicyclic) bond motifs is 1. The third-order valence-electron chi connectivity index (χ3n) is 2.97. The molecule has 0 bridgehead atoms. The zero-order valence-corrected chi connectivity index (χ0v) is 11.1. The second-order valence-electron chi connectivity index (χ2n) is 4.23. The van der Waals surface area contributed by atoms with Crippen molar-refractivity contribution in [2.24, 2.45) is 0 Å². The third-order valence-corrected chi connectivity index (χ3v) is 3.57. The van der Waals surface area contributed by atoms with E-state index in [2.05, 4.69) is 70.3 Å². The van der Waals surface area contributed by atoms with Crippen LogP contribution in [-0.4, -0.2) is 4.98 Å². The van der Waals surface area contributed by atoms with E-state index >= 15 is 0 Å². The van der Waals surface area contributed by atoms with Crippen molar-refractivity contribution in [3.05, 3.63) is 58.7 Å². The molecule has 0 aliphatic carbocycles. The molecule has 0 fully saturated rings. The summed E-state index contributed by atoms with van der Waals surface area (Å²) in [5, 5.41) is 1.26. The van der Waals surface area contributed by atoms with Crippen LogP contribution in [0.4, 0.5) is 0 Å². The Hall–Kier alpha value is -1.54. The van der Waals surface area contributed by atoms with Crippen molar-refractivity contribution in [2.45, 2.75) is 6.92 Å². The molecule has 0 unspecified atom stereocenters. The van der Waals surface area contributed by atoms with Gasteiger partial charge in [0.25, 0.3) is 0 Å². The molecule has 1 nitrogen and oxygen atoms in total. The van der Waals surface area contributed by atoms with E-state index in [4.69, 9.17) is 0 Å². The average Bonchev–Trinajstić information content (AvgIpc) is 2.65. The second-order valence-corrected chi connectivity index (χ2v) is 5.02. The number of nitrogens with one attached hydrogen (secondary N) is 1. The first-order chi connectivity index (χ1) is 8.25. The number of hydrogen-bond acceptors (Lipinski definition) is 0. The van der Waals surface area contributed by atoms with E-state index in [0.29, 0.717) is 0 Å². The van der Waals surface area contributed by atoms with Gasteiger partial charge in [-0.15, -0.1) is 0 Å². The van der Waals surface area contributed by atoms with Gasteiger partial charge >= 0.3 is 0 Å². The number of aryl methyl sites for hydroxylation is 1. The fourth-order valence-electron chi connectivity index (χ4n) is 2.17. The predicted octanol–water partition coefficient (Wildman–Crippen LogP) is 4.91. The molecule has 1 N–H and O–H groups in total. The Kier molecular flexibility index (Phi) is 2.52. The summed E-state index contributed by atoms with van der Waals surface area (Å²) in [6.45, 7) is 2.11. The molecule has 0 spiro atoms. The summed E-state index contributed by atoms with van der Waals surface area (Å²) in [7, 11) is 0. The van der Waals surface area contributed by atoms with E-state index in [9.17, 15) is 0 Å². The first-order valence-electron chi connectivity index (χ1n) is 5.59. The maximum atomic E-state index is 3.62. The highest BCUT2D eigenvalue weighted by atomic mass is 79.9. The van der Waals surface area contributed by atoms with Crippen LogP contribution in [0.5, 0.6) is 0 Å². The molecule has 0 saturated carbocycles. The molecule has 0 aliphatic heterocycles. The van der Waals surface area contributed by atoms with E-state index in [-0.39, 0.29) is 0 Å². The monoisotopic (exact) mass is 285 g/mol. The standard InChI is InChI=1S/C15H12BrN/c1-10-7-8-12-13(9-10)17-15(16)14(12)11-5-3-2-4-6-11/h2-9,17H,1H3. The fraction of sp³-hybridized carbons (Fsp3) is 0.0667. The minimum Gasteiger partial charge on any atom is -0.349 e. The lowest BCUT2D eigenvalue weighted by Crippen LogP contribution is -1.76. The number of H-pyrrole nitrogens is 1. The lowest BCUT2D eigenvalue weighted by atomic mass is 10.0. The van der Waals surface area contributed by atoms with Gasteiger partial charge in [0.2, 0.25) is 0 Å². The van der Waals surface area contributed by atoms with Gasteiger partial charge in [-0.05, 0) is 40.0 Å². The maximum Gasteiger partial charge on any atom is 0.0910 e. The summed E-state index contributed by atoms with van der Waals surface area (Å²) in [6.07, 6.45) is 0. The normalized spacial score (nSPS) is 10.9. The Labute approximate surface area is 109 Å². The number of benzene rings is 2. The molecule has 0 saturated heterocycles. The number of hydrogen-bond donors (Lipinski definition) is 1. The predicted molar refractivity (Wildman–Crippen MR) is 76.2 cm³/mol. The highest BCUT2D eigenvalue weighted by Crippen LogP contribution is 2.35. The van der Waals surface area contributed by atoms with Crippen molar-refractivity contribution in [1.29, 1.82) is 0 Å². The van der Waals surface area contributed by atoms with Crippen LogP contribution in [0.3, 0.4) is 0 Å². The summed E-state index contributed by atoms with van der Waals surface area (Å²) in [5.74, 6) is 0. The minimum absolute atomic E-state index is 1.05. The van der Waals surface area contributed by atoms with Gasteiger partial charge in [-0.3, -0.25) is 0 Å². The van der Waals surface area contributed by atoms with Crippen molar-refractivity contribution in [1.82, 2.24) is 4.98 Å². The second kappa shape index (κ2) is 4.04. The molecule has 3 rings (SSSR count). The molecule has 3 aromatic rings. The lowest BCUT2D eigenvalue weighted by molar-refractivity contribution is 1.40. The molecule has 17 heavy (non-hydrogen) atoms. The van der Waals surface area contributed by atoms with Crippen molar-refractivity contribution >= 4 is 26.8 Å². The molecule has 0 atom stereocenters. The summed E-state index contributed by atoms with van der Waals surface area (Å²) in [5.41, 5.74) is 4.91. The number of aromatic amines is 1. The van der Waals surface area contributed by atoms with Crippen LogP contribution in [-0.2, 0) is 0 Å². The number of aromatic nitrogens is 1. The molecular formula is C15H12BrN. The van der Waals surface area contributed by atoms with Crippen molar-refractivity contribution in [2.75, 3.05) is 0 Å². The van der Waals surface area contributed by atoms with Gasteiger partial charge in [-0.2, -0.15) is 0 Å². The zero-order valence-electron chi connectivity index (χ0n) is 9.50. The van der Waals surface area contributed by atoms with E-state index < -0.39 is 0 Å². The Balaban J connectivity index is 2.33. The van der Waals surface area contributed by atoms with Gasteiger partial charge in [-0.25, -0.2) is 0 Å². The molecule has 0 aliphatic rings. The lowest BCUT2D eigenvalue weighted by Gasteiger charge is -2.00. The van der Waals surface area contributed by atoms with Crippen LogP contribution in [0, 0.1) is 6.92 Å². The van der Waals surface area contributed by atoms with Crippen LogP contribution in [0.15, 0.2) is 53.1 Å². The summed E-state index contributed by atoms with van der Waals surface area (Å²) >= 11 is 3.62. The van der Waals surface area contributed by atoms with Gasteiger partial charge in [0.15, 0.2) is 0 Å². The first-order valence-corrected chi connectivity index (χ1v) is 6.38. The van der Waals surface area contributed by atoms with Crippen LogP contribution in [0.2, 0.25) is 0 Å². The summed E-state index contributed by atoms with van der Waals surface area (Å²) in [4.78, 5) is 3.38. The SMILES string of the molecule is Cc1ccc2c(-c3ccccc3)c(Br)[nH]c2c1. The molecule has 2 aromatic carbocycles. The van der Waals surface area contributed by atoms with Crippen LogP contribution in [0.1, 0.15) is 5.56 Å². The van der Waals surface area contributed by atoms with Crippen molar-refractivity contribution in [3.8, 4) is 11.1 Å². The summed E-state index contributed by atoms with van der Waals surface area (Å²) < 4.78 is 1.05. The number of rotatable bonds is 1. The molecule has 84 valence electrons. The van der Waals surface area contributed by atoms with Gasteiger partial charge < -0.3 is 4.98 Å².